The van der Waals surface area contributed by atoms with Gasteiger partial charge in [-0.05, 0) is 68.1 Å². The normalized spacial score (nSPS) is 26.9. The van der Waals surface area contributed by atoms with Gasteiger partial charge in [0.1, 0.15) is 5.69 Å². The Hall–Kier alpha value is -5.47. The van der Waals surface area contributed by atoms with Gasteiger partial charge < -0.3 is 15.2 Å². The number of aromatic hydroxyl groups is 1. The molecule has 2 saturated heterocycles. The number of carbonyl (C=O) groups is 4. The SMILES string of the molecule is CCOc1cccc([C@H]2C3=CC[C@@H]4C(=O)N(c5ccc(Nc6ccccc6)cc5)C(=O)[C@@H]4[C@@H]3C[C@@]3(Cl)C(=O)N(c4c(F)c(F)c(F)c(F)c4F)C(=O)[C@@]23Cl)c1O. The number of para-hydroxylation sites is 2. The second-order valence-electron chi connectivity index (χ2n) is 13.9. The van der Waals surface area contributed by atoms with Crippen molar-refractivity contribution in [3.63, 3.8) is 0 Å². The summed E-state index contributed by atoms with van der Waals surface area (Å²) in [6.45, 7) is 1.70. The number of fused-ring (bicyclic) bond motifs is 4. The van der Waals surface area contributed by atoms with Crippen LogP contribution in [-0.2, 0) is 19.2 Å². The van der Waals surface area contributed by atoms with Crippen molar-refractivity contribution in [1.82, 2.24) is 0 Å². The molecule has 2 heterocycles. The van der Waals surface area contributed by atoms with Crippen LogP contribution in [-0.4, -0.2) is 45.1 Å². The predicted octanol–water partition coefficient (Wildman–Crippen LogP) is 8.00. The van der Waals surface area contributed by atoms with Gasteiger partial charge in [-0.15, -0.1) is 23.2 Å². The Morgan fingerprint density at radius 1 is 0.768 bits per heavy atom. The molecular formula is C40H28Cl2F5N3O6. The summed E-state index contributed by atoms with van der Waals surface area (Å²) in [6, 6.07) is 19.9. The van der Waals surface area contributed by atoms with Crippen LogP contribution in [0.15, 0.2) is 84.4 Å². The lowest BCUT2D eigenvalue weighted by molar-refractivity contribution is -0.125. The van der Waals surface area contributed by atoms with Crippen molar-refractivity contribution in [2.75, 3.05) is 21.7 Å². The zero-order chi connectivity index (χ0) is 40.0. The maximum Gasteiger partial charge on any atom is 0.258 e. The first-order valence-corrected chi connectivity index (χ1v) is 18.2. The molecule has 288 valence electrons. The van der Waals surface area contributed by atoms with Crippen LogP contribution in [0.2, 0.25) is 0 Å². The smallest absolute Gasteiger partial charge is 0.258 e. The summed E-state index contributed by atoms with van der Waals surface area (Å²) in [5.74, 6) is -22.6. The fourth-order valence-electron chi connectivity index (χ4n) is 8.59. The molecule has 2 N–H and O–H groups in total. The Morgan fingerprint density at radius 2 is 1.39 bits per heavy atom. The van der Waals surface area contributed by atoms with Crippen LogP contribution in [0, 0.1) is 46.8 Å². The van der Waals surface area contributed by atoms with Crippen LogP contribution in [0.3, 0.4) is 0 Å². The third kappa shape index (κ3) is 5.11. The first-order valence-electron chi connectivity index (χ1n) is 17.4. The molecule has 0 radical (unpaired) electrons. The number of halogens is 7. The van der Waals surface area contributed by atoms with Gasteiger partial charge in [-0.3, -0.25) is 24.1 Å². The number of imide groups is 2. The zero-order valence-corrected chi connectivity index (χ0v) is 30.5. The first-order chi connectivity index (χ1) is 26.7. The van der Waals surface area contributed by atoms with Gasteiger partial charge in [-0.1, -0.05) is 42.0 Å². The number of anilines is 4. The van der Waals surface area contributed by atoms with Crippen molar-refractivity contribution in [1.29, 1.82) is 0 Å². The second kappa shape index (κ2) is 13.3. The van der Waals surface area contributed by atoms with E-state index in [1.165, 1.54) is 18.2 Å². The highest BCUT2D eigenvalue weighted by Crippen LogP contribution is 2.67. The van der Waals surface area contributed by atoms with E-state index >= 15 is 8.78 Å². The van der Waals surface area contributed by atoms with Crippen LogP contribution >= 0.6 is 23.2 Å². The number of phenolic OH excluding ortho intramolecular Hbond substituents is 1. The molecule has 2 aliphatic heterocycles. The molecule has 6 atom stereocenters. The number of alkyl halides is 2. The second-order valence-corrected chi connectivity index (χ2v) is 15.1. The van der Waals surface area contributed by atoms with E-state index in [0.29, 0.717) is 5.69 Å². The number of nitrogens with one attached hydrogen (secondary N) is 1. The summed E-state index contributed by atoms with van der Waals surface area (Å²) < 4.78 is 79.4. The summed E-state index contributed by atoms with van der Waals surface area (Å²) in [5, 5.41) is 14.7. The molecule has 9 nitrogen and oxygen atoms in total. The Kier molecular flexibility index (Phi) is 8.92. The predicted molar refractivity (Wildman–Crippen MR) is 194 cm³/mol. The topological polar surface area (TPSA) is 116 Å². The number of nitrogens with zero attached hydrogens (tertiary/aromatic N) is 2. The number of benzene rings is 4. The van der Waals surface area contributed by atoms with Crippen LogP contribution < -0.4 is 19.9 Å². The van der Waals surface area contributed by atoms with E-state index in [2.05, 4.69) is 5.32 Å². The fraction of sp³-hybridized carbons (Fsp3) is 0.250. The number of ether oxygens (including phenoxy) is 1. The number of allylic oxidation sites excluding steroid dienone is 2. The van der Waals surface area contributed by atoms with E-state index < -0.39 is 104 Å². The summed E-state index contributed by atoms with van der Waals surface area (Å²) in [4.78, 5) is 52.7. The minimum atomic E-state index is -2.80. The molecule has 1 saturated carbocycles. The maximum absolute atomic E-state index is 15.3. The molecule has 0 unspecified atom stereocenters. The lowest BCUT2D eigenvalue weighted by Crippen LogP contribution is -2.60. The Labute approximate surface area is 325 Å². The zero-order valence-electron chi connectivity index (χ0n) is 29.0. The molecule has 0 spiro atoms. The van der Waals surface area contributed by atoms with Crippen molar-refractivity contribution >= 4 is 69.6 Å². The molecule has 8 rings (SSSR count). The fourth-order valence-corrected chi connectivity index (χ4v) is 9.52. The van der Waals surface area contributed by atoms with E-state index in [1.54, 1.807) is 37.3 Å². The molecule has 3 fully saturated rings. The standard InChI is InChI=1S/C40H28Cl2F5N3O6/c1-2-56-25-10-6-9-23(34(25)51)27-21-15-16-22-26(36(53)49(35(22)52)20-13-11-19(12-14-20)48-18-7-4-3-5-8-18)24(21)17-39(41)37(54)50(38(55)40(27,39)42)33-31(46)29(44)28(43)30(45)32(33)47/h3-15,22,24,26-27,48,51H,2,16-17H2,1H3/t22-,24+,26-,27+,39+,40-/m0/s1. The Balaban J connectivity index is 1.25. The van der Waals surface area contributed by atoms with Crippen LogP contribution in [0.1, 0.15) is 31.2 Å². The third-order valence-corrected chi connectivity index (χ3v) is 12.5. The van der Waals surface area contributed by atoms with Gasteiger partial charge in [0.15, 0.2) is 44.5 Å². The average molecular weight is 813 g/mol. The molecule has 4 amide bonds. The third-order valence-electron chi connectivity index (χ3n) is 11.1. The summed E-state index contributed by atoms with van der Waals surface area (Å²) in [7, 11) is 0. The number of hydrogen-bond acceptors (Lipinski definition) is 7. The van der Waals surface area contributed by atoms with Crippen LogP contribution in [0.5, 0.6) is 11.5 Å². The van der Waals surface area contributed by atoms with Gasteiger partial charge in [0.2, 0.25) is 17.6 Å². The molecule has 16 heteroatoms. The molecule has 0 bridgehead atoms. The minimum Gasteiger partial charge on any atom is -0.504 e. The van der Waals surface area contributed by atoms with E-state index in [1.807, 2.05) is 30.3 Å². The lowest BCUT2D eigenvalue weighted by atomic mass is 9.56. The maximum atomic E-state index is 15.3. The highest BCUT2D eigenvalue weighted by atomic mass is 35.5. The van der Waals surface area contributed by atoms with E-state index in [9.17, 15) is 37.5 Å². The summed E-state index contributed by atoms with van der Waals surface area (Å²) in [6.07, 6.45) is 0.792. The van der Waals surface area contributed by atoms with E-state index in [-0.39, 0.29) is 40.5 Å². The molecule has 2 aliphatic carbocycles. The number of hydrogen-bond donors (Lipinski definition) is 2. The molecular weight excluding hydrogens is 784 g/mol. The highest BCUT2D eigenvalue weighted by molar-refractivity contribution is 6.58. The highest BCUT2D eigenvalue weighted by Gasteiger charge is 2.77. The van der Waals surface area contributed by atoms with Crippen molar-refractivity contribution in [3.05, 3.63) is 119 Å². The van der Waals surface area contributed by atoms with Crippen molar-refractivity contribution < 1.29 is 51.0 Å². The van der Waals surface area contributed by atoms with Crippen LogP contribution in [0.4, 0.5) is 44.7 Å². The Bertz CT molecular complexity index is 2370. The average Bonchev–Trinajstić information content (AvgIpc) is 3.53. The van der Waals surface area contributed by atoms with Gasteiger partial charge in [-0.25, -0.2) is 26.9 Å². The van der Waals surface area contributed by atoms with Crippen LogP contribution in [0.25, 0.3) is 0 Å². The van der Waals surface area contributed by atoms with Gasteiger partial charge in [0, 0.05) is 22.9 Å². The number of rotatable bonds is 7. The summed E-state index contributed by atoms with van der Waals surface area (Å²) in [5.41, 5.74) is -0.161. The molecule has 4 aromatic rings. The van der Waals surface area contributed by atoms with Crippen molar-refractivity contribution in [2.45, 2.75) is 35.4 Å². The van der Waals surface area contributed by atoms with Gasteiger partial charge in [0.05, 0.1) is 24.1 Å². The monoisotopic (exact) mass is 811 g/mol. The van der Waals surface area contributed by atoms with E-state index in [0.717, 1.165) is 10.6 Å². The quantitative estimate of drug-likeness (QED) is 0.0486. The Morgan fingerprint density at radius 3 is 2.04 bits per heavy atom. The van der Waals surface area contributed by atoms with Gasteiger partial charge >= 0.3 is 0 Å². The largest absolute Gasteiger partial charge is 0.504 e. The number of phenols is 1. The summed E-state index contributed by atoms with van der Waals surface area (Å²) >= 11 is 14.4. The molecule has 0 aromatic heterocycles. The van der Waals surface area contributed by atoms with Gasteiger partial charge in [0.25, 0.3) is 11.8 Å². The number of amides is 4. The molecule has 4 aromatic carbocycles. The van der Waals surface area contributed by atoms with Crippen molar-refractivity contribution in [3.8, 4) is 11.5 Å². The van der Waals surface area contributed by atoms with E-state index in [4.69, 9.17) is 27.9 Å². The van der Waals surface area contributed by atoms with Gasteiger partial charge in [-0.2, -0.15) is 0 Å². The first kappa shape index (κ1) is 37.5. The number of carbonyl (C=O) groups excluding carboxylic acids is 4. The minimum absolute atomic E-state index is 0.0701. The van der Waals surface area contributed by atoms with Crippen molar-refractivity contribution in [2.24, 2.45) is 17.8 Å². The molecule has 56 heavy (non-hydrogen) atoms. The molecule has 4 aliphatic rings. The lowest BCUT2D eigenvalue weighted by Gasteiger charge is -2.50.